The normalized spacial score (nSPS) is 22.2. The molecule has 0 aromatic carbocycles. The molecule has 0 bridgehead atoms. The maximum atomic E-state index is 11.8. The van der Waals surface area contributed by atoms with Gasteiger partial charge in [0.25, 0.3) is 0 Å². The zero-order valence-corrected chi connectivity index (χ0v) is 9.65. The highest BCUT2D eigenvalue weighted by Gasteiger charge is 2.35. The van der Waals surface area contributed by atoms with Gasteiger partial charge in [0, 0.05) is 6.54 Å². The first-order chi connectivity index (χ1) is 7.32. The van der Waals surface area contributed by atoms with Crippen molar-refractivity contribution in [2.24, 2.45) is 16.7 Å². The summed E-state index contributed by atoms with van der Waals surface area (Å²) in [6.07, 6.45) is 1.17. The number of hydrogen-bond donors (Lipinski definition) is 4. The van der Waals surface area contributed by atoms with Gasteiger partial charge in [0.1, 0.15) is 0 Å². The predicted octanol–water partition coefficient (Wildman–Crippen LogP) is -1.92. The molecule has 0 aliphatic carbocycles. The molecule has 1 heterocycles. The summed E-state index contributed by atoms with van der Waals surface area (Å²) in [5, 5.41) is 2.67. The van der Waals surface area contributed by atoms with Crippen LogP contribution in [-0.2, 0) is 14.2 Å². The molecule has 0 spiro atoms. The van der Waals surface area contributed by atoms with Crippen LogP contribution in [-0.4, -0.2) is 35.6 Å². The molecule has 8 nitrogen and oxygen atoms in total. The van der Waals surface area contributed by atoms with E-state index in [2.05, 4.69) is 5.32 Å². The molecule has 7 N–H and O–H groups in total. The Bertz CT molecular complexity index is 341. The smallest absolute Gasteiger partial charge is 0.302 e. The van der Waals surface area contributed by atoms with Gasteiger partial charge < -0.3 is 5.73 Å². The van der Waals surface area contributed by atoms with Gasteiger partial charge in [0.2, 0.25) is 11.8 Å². The van der Waals surface area contributed by atoms with Crippen LogP contribution in [0, 0.1) is 0 Å². The van der Waals surface area contributed by atoms with Gasteiger partial charge in [0.15, 0.2) is 0 Å². The zero-order chi connectivity index (χ0) is 12.3. The van der Waals surface area contributed by atoms with Crippen LogP contribution in [0.1, 0.15) is 12.8 Å². The molecule has 92 valence electrons. The highest BCUT2D eigenvalue weighted by Crippen LogP contribution is 2.35. The van der Waals surface area contributed by atoms with E-state index in [1.807, 2.05) is 0 Å². The number of piperidine rings is 1. The average molecular weight is 249 g/mol. The topological polar surface area (TPSA) is 145 Å². The highest BCUT2D eigenvalue weighted by atomic mass is 31.2. The van der Waals surface area contributed by atoms with Gasteiger partial charge in [-0.25, -0.2) is 0 Å². The third-order valence-electron chi connectivity index (χ3n) is 2.32. The number of carbonyl (C=O) groups excluding carboxylic acids is 2. The molecular formula is C7H16N5O3P. The van der Waals surface area contributed by atoms with Crippen molar-refractivity contribution in [3.63, 3.8) is 0 Å². The van der Waals surface area contributed by atoms with Crippen LogP contribution in [0.5, 0.6) is 0 Å². The minimum atomic E-state index is -3.55. The Labute approximate surface area is 93.0 Å². The Hall–Kier alpha value is -0.950. The molecule has 16 heavy (non-hydrogen) atoms. The molecule has 0 aromatic rings. The Balaban J connectivity index is 2.64. The molecule has 0 aromatic heterocycles. The fourth-order valence-electron chi connectivity index (χ4n) is 1.58. The van der Waals surface area contributed by atoms with Crippen molar-refractivity contribution >= 4 is 19.4 Å². The summed E-state index contributed by atoms with van der Waals surface area (Å²) in [6.45, 7) is 0.168. The first-order valence-electron chi connectivity index (χ1n) is 4.83. The Morgan fingerprint density at radius 2 is 2.19 bits per heavy atom. The van der Waals surface area contributed by atoms with Crippen molar-refractivity contribution in [3.8, 4) is 0 Å². The number of primary amides is 1. The van der Waals surface area contributed by atoms with Crippen molar-refractivity contribution in [2.75, 3.05) is 13.1 Å². The van der Waals surface area contributed by atoms with Crippen molar-refractivity contribution in [3.05, 3.63) is 0 Å². The van der Waals surface area contributed by atoms with Gasteiger partial charge in [-0.3, -0.25) is 35.1 Å². The second-order valence-corrected chi connectivity index (χ2v) is 5.50. The van der Waals surface area contributed by atoms with Crippen LogP contribution in [0.15, 0.2) is 0 Å². The number of nitrogens with two attached hydrogens (primary N) is 3. The van der Waals surface area contributed by atoms with E-state index in [1.54, 1.807) is 0 Å². The van der Waals surface area contributed by atoms with Gasteiger partial charge in [-0.05, 0) is 12.8 Å². The van der Waals surface area contributed by atoms with Crippen LogP contribution in [0.4, 0.5) is 0 Å². The van der Waals surface area contributed by atoms with E-state index in [0.29, 0.717) is 12.8 Å². The van der Waals surface area contributed by atoms with Crippen LogP contribution in [0.3, 0.4) is 0 Å². The van der Waals surface area contributed by atoms with E-state index in [1.165, 1.54) is 0 Å². The third-order valence-corrected chi connectivity index (χ3v) is 3.47. The first-order valence-corrected chi connectivity index (χ1v) is 6.63. The quantitative estimate of drug-likeness (QED) is 0.427. The molecule has 1 aliphatic rings. The summed E-state index contributed by atoms with van der Waals surface area (Å²) in [7, 11) is -3.55. The highest BCUT2D eigenvalue weighted by molar-refractivity contribution is 7.57. The van der Waals surface area contributed by atoms with Gasteiger partial charge in [-0.15, -0.1) is 0 Å². The lowest BCUT2D eigenvalue weighted by Crippen LogP contribution is -2.52. The summed E-state index contributed by atoms with van der Waals surface area (Å²) in [5.74, 6) is -1.01. The van der Waals surface area contributed by atoms with Gasteiger partial charge in [0.05, 0.1) is 12.6 Å². The predicted molar refractivity (Wildman–Crippen MR) is 57.9 cm³/mol. The Morgan fingerprint density at radius 3 is 2.69 bits per heavy atom. The van der Waals surface area contributed by atoms with Crippen LogP contribution >= 0.6 is 7.59 Å². The van der Waals surface area contributed by atoms with Gasteiger partial charge in [-0.1, -0.05) is 0 Å². The molecule has 1 atom stereocenters. The lowest BCUT2D eigenvalue weighted by molar-refractivity contribution is -0.131. The molecule has 0 saturated carbocycles. The SMILES string of the molecule is NC(=O)CN[C@H]1CCCN(P(N)(N)=O)C1=O. The van der Waals surface area contributed by atoms with Crippen LogP contribution in [0.25, 0.3) is 0 Å². The molecule has 0 radical (unpaired) electrons. The maximum absolute atomic E-state index is 11.8. The Morgan fingerprint density at radius 1 is 1.56 bits per heavy atom. The summed E-state index contributed by atoms with van der Waals surface area (Å²) in [6, 6.07) is -0.596. The standard InChI is InChI=1S/C7H16N5O3P/c8-6(13)4-11-5-2-1-3-12(7(5)14)16(9,10)15/h5,11H,1-4H2,(H2,8,13)(H4,9,10,15)/t5-/m0/s1. The molecule has 0 unspecified atom stereocenters. The van der Waals surface area contributed by atoms with Crippen LogP contribution in [0.2, 0.25) is 0 Å². The summed E-state index contributed by atoms with van der Waals surface area (Å²) in [5.41, 5.74) is 15.4. The second-order valence-electron chi connectivity index (χ2n) is 3.68. The second kappa shape index (κ2) is 4.92. The van der Waals surface area contributed by atoms with E-state index in [4.69, 9.17) is 16.7 Å². The minimum absolute atomic E-state index is 0.107. The van der Waals surface area contributed by atoms with Gasteiger partial charge in [-0.2, -0.15) is 0 Å². The van der Waals surface area contributed by atoms with E-state index in [9.17, 15) is 14.2 Å². The van der Waals surface area contributed by atoms with Crippen molar-refractivity contribution < 1.29 is 14.2 Å². The zero-order valence-electron chi connectivity index (χ0n) is 8.76. The molecule has 1 aliphatic heterocycles. The summed E-state index contributed by atoms with van der Waals surface area (Å²) >= 11 is 0. The van der Waals surface area contributed by atoms with E-state index < -0.39 is 25.5 Å². The monoisotopic (exact) mass is 249 g/mol. The Kier molecular flexibility index (Phi) is 4.03. The molecule has 1 fully saturated rings. The summed E-state index contributed by atoms with van der Waals surface area (Å²) < 4.78 is 12.4. The first kappa shape index (κ1) is 13.1. The van der Waals surface area contributed by atoms with Crippen molar-refractivity contribution in [2.45, 2.75) is 18.9 Å². The van der Waals surface area contributed by atoms with Crippen LogP contribution < -0.4 is 22.1 Å². The largest absolute Gasteiger partial charge is 0.369 e. The lowest BCUT2D eigenvalue weighted by atomic mass is 10.1. The number of carbonyl (C=O) groups is 2. The molecule has 2 amide bonds. The molecule has 1 rings (SSSR count). The minimum Gasteiger partial charge on any atom is -0.369 e. The van der Waals surface area contributed by atoms with Crippen molar-refractivity contribution in [1.29, 1.82) is 0 Å². The van der Waals surface area contributed by atoms with Gasteiger partial charge >= 0.3 is 7.59 Å². The van der Waals surface area contributed by atoms with E-state index in [0.717, 1.165) is 4.67 Å². The van der Waals surface area contributed by atoms with E-state index in [-0.39, 0.29) is 13.1 Å². The fourth-order valence-corrected chi connectivity index (χ4v) is 2.48. The lowest BCUT2D eigenvalue weighted by Gasteiger charge is -2.33. The molecule has 9 heteroatoms. The van der Waals surface area contributed by atoms with E-state index >= 15 is 0 Å². The van der Waals surface area contributed by atoms with Crippen molar-refractivity contribution in [1.82, 2.24) is 9.99 Å². The molecule has 1 saturated heterocycles. The maximum Gasteiger partial charge on any atom is 0.302 e. The third kappa shape index (κ3) is 3.28. The summed E-state index contributed by atoms with van der Waals surface area (Å²) in [4.78, 5) is 22.3. The number of hydrogen-bond acceptors (Lipinski definition) is 4. The number of nitrogens with one attached hydrogen (secondary N) is 1. The fraction of sp³-hybridized carbons (Fsp3) is 0.714. The number of nitrogens with zero attached hydrogens (tertiary/aromatic N) is 1. The molecular weight excluding hydrogens is 233 g/mol. The number of amides is 2. The number of rotatable bonds is 4. The average Bonchev–Trinajstić information content (AvgIpc) is 2.14.